The van der Waals surface area contributed by atoms with Crippen molar-refractivity contribution >= 4 is 11.9 Å². The number of aliphatic hydroxyl groups is 2. The van der Waals surface area contributed by atoms with Crippen molar-refractivity contribution in [3.05, 3.63) is 0 Å². The standard InChI is InChI=1S/C3H6O4.C2HF3O2/c4-1-2(5)3(6)7;3-2(4,5)1(6)7/h2,4-5H,1H2,(H,6,7);(H,6,7)/t2-;/m0./s1. The number of aliphatic carboxylic acids is 2. The van der Waals surface area contributed by atoms with Crippen molar-refractivity contribution in [2.24, 2.45) is 0 Å². The minimum Gasteiger partial charge on any atom is -0.479 e. The van der Waals surface area contributed by atoms with Crippen LogP contribution in [0.1, 0.15) is 0 Å². The summed E-state index contributed by atoms with van der Waals surface area (Å²) in [6, 6.07) is 0. The zero-order chi connectivity index (χ0) is 11.9. The third kappa shape index (κ3) is 8.74. The molecule has 84 valence electrons. The molecule has 0 rings (SSSR count). The first-order chi connectivity index (χ1) is 6.12. The Hall–Kier alpha value is -1.35. The molecule has 0 aromatic rings. The molecule has 0 aliphatic carbocycles. The van der Waals surface area contributed by atoms with Crippen LogP contribution in [0.15, 0.2) is 0 Å². The average molecular weight is 220 g/mol. The fraction of sp³-hybridized carbons (Fsp3) is 0.600. The van der Waals surface area contributed by atoms with Crippen LogP contribution in [-0.2, 0) is 9.59 Å². The largest absolute Gasteiger partial charge is 0.490 e. The summed E-state index contributed by atoms with van der Waals surface area (Å²) in [6.07, 6.45) is -6.71. The molecule has 14 heavy (non-hydrogen) atoms. The highest BCUT2D eigenvalue weighted by atomic mass is 19.4. The molecule has 1 atom stereocenters. The van der Waals surface area contributed by atoms with Crippen molar-refractivity contribution in [1.82, 2.24) is 0 Å². The number of carboxylic acid groups (broad SMARTS) is 2. The van der Waals surface area contributed by atoms with Gasteiger partial charge in [0.15, 0.2) is 6.10 Å². The fourth-order valence-electron chi connectivity index (χ4n) is 0.0781. The van der Waals surface area contributed by atoms with E-state index in [1.165, 1.54) is 0 Å². The number of halogens is 3. The average Bonchev–Trinajstić information content (AvgIpc) is 2.02. The molecular formula is C5H7F3O6. The fourth-order valence-corrected chi connectivity index (χ4v) is 0.0781. The van der Waals surface area contributed by atoms with Crippen LogP contribution in [0.5, 0.6) is 0 Å². The van der Waals surface area contributed by atoms with Crippen LogP contribution in [0, 0.1) is 0 Å². The van der Waals surface area contributed by atoms with E-state index in [-0.39, 0.29) is 0 Å². The lowest BCUT2D eigenvalue weighted by Crippen LogP contribution is -2.22. The first-order valence-corrected chi connectivity index (χ1v) is 2.94. The predicted molar refractivity (Wildman–Crippen MR) is 34.4 cm³/mol. The van der Waals surface area contributed by atoms with Gasteiger partial charge in [0.2, 0.25) is 0 Å². The van der Waals surface area contributed by atoms with Gasteiger partial charge >= 0.3 is 18.1 Å². The summed E-state index contributed by atoms with van der Waals surface area (Å²) in [5, 5.41) is 30.9. The van der Waals surface area contributed by atoms with Crippen LogP contribution in [0.25, 0.3) is 0 Å². The third-order valence-electron chi connectivity index (χ3n) is 0.700. The summed E-state index contributed by atoms with van der Waals surface area (Å²) in [6.45, 7) is -0.727. The van der Waals surface area contributed by atoms with Gasteiger partial charge in [0.25, 0.3) is 0 Å². The lowest BCUT2D eigenvalue weighted by Gasteiger charge is -1.95. The van der Waals surface area contributed by atoms with Crippen LogP contribution in [0.3, 0.4) is 0 Å². The molecule has 0 fully saturated rings. The number of alkyl halides is 3. The van der Waals surface area contributed by atoms with E-state index in [0.717, 1.165) is 0 Å². The lowest BCUT2D eigenvalue weighted by atomic mass is 10.4. The maximum atomic E-state index is 10.6. The third-order valence-corrected chi connectivity index (χ3v) is 0.700. The quantitative estimate of drug-likeness (QED) is 0.477. The Morgan fingerprint density at radius 3 is 1.50 bits per heavy atom. The maximum absolute atomic E-state index is 10.6. The summed E-state index contributed by atoms with van der Waals surface area (Å²) in [5.41, 5.74) is 0. The second kappa shape index (κ2) is 6.16. The molecule has 0 aliphatic rings. The number of hydrogen-bond donors (Lipinski definition) is 4. The highest BCUT2D eigenvalue weighted by Crippen LogP contribution is 2.13. The molecule has 4 N–H and O–H groups in total. The summed E-state index contributed by atoms with van der Waals surface area (Å²) in [5.74, 6) is -4.16. The smallest absolute Gasteiger partial charge is 0.479 e. The SMILES string of the molecule is O=C(O)C(F)(F)F.O=C(O)[C@@H](O)CO. The highest BCUT2D eigenvalue weighted by molar-refractivity contribution is 5.73. The number of hydrogen-bond acceptors (Lipinski definition) is 4. The van der Waals surface area contributed by atoms with Gasteiger partial charge in [0, 0.05) is 0 Å². The van der Waals surface area contributed by atoms with Gasteiger partial charge in [-0.25, -0.2) is 9.59 Å². The maximum Gasteiger partial charge on any atom is 0.490 e. The molecule has 9 heteroatoms. The molecule has 0 amide bonds. The van der Waals surface area contributed by atoms with Crippen molar-refractivity contribution in [3.63, 3.8) is 0 Å². The Bertz CT molecular complexity index is 200. The molecule has 0 saturated heterocycles. The number of carbonyl (C=O) groups is 2. The molecular weight excluding hydrogens is 213 g/mol. The minimum atomic E-state index is -5.08. The second-order valence-electron chi connectivity index (χ2n) is 1.84. The van der Waals surface area contributed by atoms with Gasteiger partial charge in [0.05, 0.1) is 6.61 Å². The highest BCUT2D eigenvalue weighted by Gasteiger charge is 2.38. The molecule has 0 saturated carbocycles. The van der Waals surface area contributed by atoms with Crippen LogP contribution in [-0.4, -0.2) is 51.3 Å². The normalized spacial score (nSPS) is 12.4. The summed E-state index contributed by atoms with van der Waals surface area (Å²) in [4.78, 5) is 18.4. The predicted octanol–water partition coefficient (Wildman–Crippen LogP) is -0.943. The number of aliphatic hydroxyl groups excluding tert-OH is 2. The van der Waals surface area contributed by atoms with E-state index in [4.69, 9.17) is 25.2 Å². The monoisotopic (exact) mass is 220 g/mol. The van der Waals surface area contributed by atoms with E-state index < -0.39 is 30.8 Å². The summed E-state index contributed by atoms with van der Waals surface area (Å²) >= 11 is 0. The van der Waals surface area contributed by atoms with E-state index in [0.29, 0.717) is 0 Å². The van der Waals surface area contributed by atoms with Crippen molar-refractivity contribution in [2.45, 2.75) is 12.3 Å². The topological polar surface area (TPSA) is 115 Å². The Labute approximate surface area is 75.2 Å². The zero-order valence-corrected chi connectivity index (χ0v) is 6.52. The van der Waals surface area contributed by atoms with Gasteiger partial charge < -0.3 is 20.4 Å². The Morgan fingerprint density at radius 1 is 1.21 bits per heavy atom. The molecule has 6 nitrogen and oxygen atoms in total. The minimum absolute atomic E-state index is 0.727. The number of rotatable bonds is 2. The lowest BCUT2D eigenvalue weighted by molar-refractivity contribution is -0.192. The number of carboxylic acids is 2. The van der Waals surface area contributed by atoms with Crippen molar-refractivity contribution in [3.8, 4) is 0 Å². The molecule has 0 aliphatic heterocycles. The summed E-state index contributed by atoms with van der Waals surface area (Å²) < 4.78 is 31.7. The Balaban J connectivity index is 0. The molecule has 0 spiro atoms. The van der Waals surface area contributed by atoms with Gasteiger partial charge in [-0.3, -0.25) is 0 Å². The van der Waals surface area contributed by atoms with Crippen LogP contribution >= 0.6 is 0 Å². The van der Waals surface area contributed by atoms with E-state index >= 15 is 0 Å². The van der Waals surface area contributed by atoms with Crippen LogP contribution in [0.2, 0.25) is 0 Å². The van der Waals surface area contributed by atoms with Gasteiger partial charge in [-0.05, 0) is 0 Å². The van der Waals surface area contributed by atoms with E-state index in [1.807, 2.05) is 0 Å². The first-order valence-electron chi connectivity index (χ1n) is 2.94. The first kappa shape index (κ1) is 15.1. The molecule has 0 radical (unpaired) electrons. The van der Waals surface area contributed by atoms with E-state index in [1.54, 1.807) is 0 Å². The van der Waals surface area contributed by atoms with Gasteiger partial charge in [-0.15, -0.1) is 0 Å². The molecule has 0 bridgehead atoms. The van der Waals surface area contributed by atoms with Crippen molar-refractivity contribution in [2.75, 3.05) is 6.61 Å². The Kier molecular flexibility index (Phi) is 6.66. The molecule has 0 aromatic heterocycles. The van der Waals surface area contributed by atoms with E-state index in [9.17, 15) is 18.0 Å². The molecule has 0 unspecified atom stereocenters. The summed E-state index contributed by atoms with van der Waals surface area (Å²) in [7, 11) is 0. The van der Waals surface area contributed by atoms with E-state index in [2.05, 4.69) is 0 Å². The van der Waals surface area contributed by atoms with Gasteiger partial charge in [-0.1, -0.05) is 0 Å². The van der Waals surface area contributed by atoms with Gasteiger partial charge in [0.1, 0.15) is 0 Å². The molecule has 0 heterocycles. The second-order valence-corrected chi connectivity index (χ2v) is 1.84. The van der Waals surface area contributed by atoms with Gasteiger partial charge in [-0.2, -0.15) is 13.2 Å². The van der Waals surface area contributed by atoms with Crippen molar-refractivity contribution < 1.29 is 43.2 Å². The van der Waals surface area contributed by atoms with Crippen molar-refractivity contribution in [1.29, 1.82) is 0 Å². The zero-order valence-electron chi connectivity index (χ0n) is 6.52. The Morgan fingerprint density at radius 2 is 1.50 bits per heavy atom. The van der Waals surface area contributed by atoms with Crippen LogP contribution in [0.4, 0.5) is 13.2 Å². The molecule has 0 aromatic carbocycles. The van der Waals surface area contributed by atoms with Crippen LogP contribution < -0.4 is 0 Å².